The largest absolute Gasteiger partial charge is 0.491 e. The molecule has 0 saturated carbocycles. The van der Waals surface area contributed by atoms with E-state index in [0.717, 1.165) is 49.8 Å². The summed E-state index contributed by atoms with van der Waals surface area (Å²) in [5.41, 5.74) is 12.6. The molecule has 0 fully saturated rings. The molecule has 9 heteroatoms. The minimum absolute atomic E-state index is 0.245. The number of fused-ring (bicyclic) bond motifs is 2. The first-order chi connectivity index (χ1) is 17.5. The van der Waals surface area contributed by atoms with Crippen LogP contribution in [0, 0.1) is 12.7 Å². The first-order valence-electron chi connectivity index (χ1n) is 11.6. The third-order valence-electron chi connectivity index (χ3n) is 6.37. The second-order valence-corrected chi connectivity index (χ2v) is 9.82. The number of anilines is 2. The van der Waals surface area contributed by atoms with E-state index in [2.05, 4.69) is 43.0 Å². The Balaban J connectivity index is 1.34. The van der Waals surface area contributed by atoms with E-state index in [1.807, 2.05) is 19.2 Å². The summed E-state index contributed by atoms with van der Waals surface area (Å²) in [5.74, 6) is 1.49. The molecule has 3 aromatic heterocycles. The fourth-order valence-corrected chi connectivity index (χ4v) is 5.26. The Morgan fingerprint density at radius 1 is 1.06 bits per heavy atom. The summed E-state index contributed by atoms with van der Waals surface area (Å²) in [6.45, 7) is 3.85. The number of aryl methyl sites for hydroxylation is 1. The molecule has 0 unspecified atom stereocenters. The van der Waals surface area contributed by atoms with Crippen LogP contribution in [0.1, 0.15) is 22.4 Å². The number of nitrogens with two attached hydrogens (primary N) is 1. The fraction of sp³-hybridized carbons (Fsp3) is 0.185. The molecule has 1 aliphatic heterocycles. The number of nitrogen functional groups attached to an aromatic ring is 1. The number of hydrogen-bond donors (Lipinski definition) is 1. The molecular weight excluding hydrogens is 475 g/mol. The lowest BCUT2D eigenvalue weighted by atomic mass is 10.0. The van der Waals surface area contributed by atoms with Gasteiger partial charge in [-0.3, -0.25) is 0 Å². The zero-order chi connectivity index (χ0) is 24.6. The van der Waals surface area contributed by atoms with Crippen LogP contribution in [-0.4, -0.2) is 33.1 Å². The van der Waals surface area contributed by atoms with Crippen molar-refractivity contribution in [2.45, 2.75) is 19.9 Å². The van der Waals surface area contributed by atoms with E-state index in [0.29, 0.717) is 36.9 Å². The van der Waals surface area contributed by atoms with Crippen molar-refractivity contribution in [1.82, 2.24) is 19.9 Å². The molecule has 36 heavy (non-hydrogen) atoms. The van der Waals surface area contributed by atoms with Gasteiger partial charge >= 0.3 is 0 Å². The number of halogens is 1. The SMILES string of the molecule is Cc1ncnc(N2CCOc3ccc(-c4cnc5nc(N)sc5c4)cc3C2)c1Cc1ccc(F)cc1. The van der Waals surface area contributed by atoms with Crippen LogP contribution in [0.4, 0.5) is 15.3 Å². The second kappa shape index (κ2) is 9.16. The molecule has 2 N–H and O–H groups in total. The molecule has 0 bridgehead atoms. The molecule has 6 rings (SSSR count). The van der Waals surface area contributed by atoms with Gasteiger partial charge < -0.3 is 15.4 Å². The maximum Gasteiger partial charge on any atom is 0.182 e. The van der Waals surface area contributed by atoms with Crippen LogP contribution >= 0.6 is 11.3 Å². The summed E-state index contributed by atoms with van der Waals surface area (Å²) < 4.78 is 20.5. The Morgan fingerprint density at radius 2 is 1.92 bits per heavy atom. The monoisotopic (exact) mass is 498 g/mol. The summed E-state index contributed by atoms with van der Waals surface area (Å²) >= 11 is 1.43. The van der Waals surface area contributed by atoms with Gasteiger partial charge in [0.05, 0.1) is 11.2 Å². The van der Waals surface area contributed by atoms with Crippen molar-refractivity contribution in [3.8, 4) is 16.9 Å². The summed E-state index contributed by atoms with van der Waals surface area (Å²) in [5, 5.41) is 0.511. The zero-order valence-electron chi connectivity index (χ0n) is 19.6. The maximum atomic E-state index is 13.4. The van der Waals surface area contributed by atoms with Crippen molar-refractivity contribution in [1.29, 1.82) is 0 Å². The quantitative estimate of drug-likeness (QED) is 0.366. The van der Waals surface area contributed by atoms with E-state index in [1.165, 1.54) is 23.5 Å². The highest BCUT2D eigenvalue weighted by atomic mass is 32.1. The van der Waals surface area contributed by atoms with Gasteiger partial charge in [-0.1, -0.05) is 29.5 Å². The average molecular weight is 499 g/mol. The Labute approximate surface area is 211 Å². The molecule has 0 aliphatic carbocycles. The van der Waals surface area contributed by atoms with Crippen LogP contribution in [0.2, 0.25) is 0 Å². The lowest BCUT2D eigenvalue weighted by molar-refractivity contribution is 0.331. The van der Waals surface area contributed by atoms with Gasteiger partial charge in [0.1, 0.15) is 30.3 Å². The third-order valence-corrected chi connectivity index (χ3v) is 7.19. The van der Waals surface area contributed by atoms with Gasteiger partial charge in [0, 0.05) is 41.5 Å². The number of aromatic nitrogens is 4. The molecule has 0 saturated heterocycles. The van der Waals surface area contributed by atoms with Crippen LogP contribution in [0.15, 0.2) is 61.1 Å². The predicted molar refractivity (Wildman–Crippen MR) is 140 cm³/mol. The normalized spacial score (nSPS) is 13.3. The fourth-order valence-electron chi connectivity index (χ4n) is 4.52. The van der Waals surface area contributed by atoms with Gasteiger partial charge in [0.2, 0.25) is 0 Å². The highest BCUT2D eigenvalue weighted by molar-refractivity contribution is 7.22. The molecule has 2 aromatic carbocycles. The van der Waals surface area contributed by atoms with Crippen molar-refractivity contribution in [2.75, 3.05) is 23.8 Å². The lowest BCUT2D eigenvalue weighted by Gasteiger charge is -2.24. The minimum atomic E-state index is -0.245. The van der Waals surface area contributed by atoms with Gasteiger partial charge in [0.25, 0.3) is 0 Å². The van der Waals surface area contributed by atoms with Crippen LogP contribution in [0.25, 0.3) is 21.5 Å². The molecule has 0 radical (unpaired) electrons. The molecule has 0 atom stereocenters. The van der Waals surface area contributed by atoms with E-state index >= 15 is 0 Å². The number of hydrogen-bond acceptors (Lipinski definition) is 8. The van der Waals surface area contributed by atoms with E-state index in [9.17, 15) is 4.39 Å². The van der Waals surface area contributed by atoms with Crippen molar-refractivity contribution in [2.24, 2.45) is 0 Å². The first-order valence-corrected chi connectivity index (χ1v) is 12.4. The average Bonchev–Trinajstić information content (AvgIpc) is 3.12. The number of ether oxygens (including phenoxy) is 1. The smallest absolute Gasteiger partial charge is 0.182 e. The topological polar surface area (TPSA) is 90.0 Å². The Hall–Kier alpha value is -4.11. The number of thiazole rings is 1. The highest BCUT2D eigenvalue weighted by Gasteiger charge is 2.21. The molecule has 0 spiro atoms. The van der Waals surface area contributed by atoms with Crippen molar-refractivity contribution in [3.63, 3.8) is 0 Å². The predicted octanol–water partition coefficient (Wildman–Crippen LogP) is 5.17. The van der Waals surface area contributed by atoms with Crippen molar-refractivity contribution in [3.05, 3.63) is 89.3 Å². The maximum absolute atomic E-state index is 13.4. The zero-order valence-corrected chi connectivity index (χ0v) is 20.4. The number of nitrogens with zero attached hydrogens (tertiary/aromatic N) is 5. The van der Waals surface area contributed by atoms with E-state index in [1.54, 1.807) is 18.5 Å². The standard InChI is InChI=1S/C27H23FN6OS/c1-16-22(10-17-2-5-21(28)6-3-17)26(32-15-31-16)34-8-9-35-23-7-4-18(11-20(23)14-34)19-12-24-25(30-13-19)33-27(29)36-24/h2-7,11-13,15H,8-10,14H2,1H3,(H2,29,30,33). The Bertz CT molecular complexity index is 1570. The van der Waals surface area contributed by atoms with E-state index < -0.39 is 0 Å². The Kier molecular flexibility index (Phi) is 5.69. The number of rotatable bonds is 4. The number of pyridine rings is 1. The molecule has 4 heterocycles. The molecule has 7 nitrogen and oxygen atoms in total. The van der Waals surface area contributed by atoms with Crippen molar-refractivity contribution >= 4 is 32.6 Å². The van der Waals surface area contributed by atoms with Gasteiger partial charge in [-0.05, 0) is 48.4 Å². The summed E-state index contributed by atoms with van der Waals surface area (Å²) in [6.07, 6.45) is 4.05. The summed E-state index contributed by atoms with van der Waals surface area (Å²) in [4.78, 5) is 20.1. The van der Waals surface area contributed by atoms with Gasteiger partial charge in [0.15, 0.2) is 10.8 Å². The molecular formula is C27H23FN6OS. The first kappa shape index (κ1) is 22.4. The number of benzene rings is 2. The summed E-state index contributed by atoms with van der Waals surface area (Å²) in [7, 11) is 0. The Morgan fingerprint density at radius 3 is 2.78 bits per heavy atom. The molecule has 180 valence electrons. The molecule has 0 amide bonds. The minimum Gasteiger partial charge on any atom is -0.491 e. The van der Waals surface area contributed by atoms with Crippen LogP contribution < -0.4 is 15.4 Å². The van der Waals surface area contributed by atoms with Gasteiger partial charge in [-0.25, -0.2) is 24.3 Å². The van der Waals surface area contributed by atoms with Crippen LogP contribution in [0.3, 0.4) is 0 Å². The molecule has 1 aliphatic rings. The van der Waals surface area contributed by atoms with E-state index in [-0.39, 0.29) is 5.82 Å². The van der Waals surface area contributed by atoms with Crippen LogP contribution in [-0.2, 0) is 13.0 Å². The van der Waals surface area contributed by atoms with Crippen molar-refractivity contribution < 1.29 is 9.13 Å². The van der Waals surface area contributed by atoms with Crippen LogP contribution in [0.5, 0.6) is 5.75 Å². The second-order valence-electron chi connectivity index (χ2n) is 8.75. The summed E-state index contributed by atoms with van der Waals surface area (Å²) in [6, 6.07) is 14.9. The lowest BCUT2D eigenvalue weighted by Crippen LogP contribution is -2.28. The van der Waals surface area contributed by atoms with Gasteiger partial charge in [-0.2, -0.15) is 0 Å². The molecule has 5 aromatic rings. The highest BCUT2D eigenvalue weighted by Crippen LogP contribution is 2.33. The third kappa shape index (κ3) is 4.33. The van der Waals surface area contributed by atoms with E-state index in [4.69, 9.17) is 10.5 Å². The van der Waals surface area contributed by atoms with Gasteiger partial charge in [-0.15, -0.1) is 0 Å².